The number of ketones is 1. The average molecular weight is 373 g/mol. The molecule has 1 atom stereocenters. The van der Waals surface area contributed by atoms with Gasteiger partial charge < -0.3 is 20.0 Å². The number of carbonyl (C=O) groups is 1. The van der Waals surface area contributed by atoms with Crippen LogP contribution in [-0.2, 0) is 17.8 Å². The lowest BCUT2D eigenvalue weighted by Crippen LogP contribution is -2.32. The van der Waals surface area contributed by atoms with Crippen molar-refractivity contribution in [2.75, 3.05) is 19.7 Å². The number of ether oxygens (including phenoxy) is 1. The lowest BCUT2D eigenvalue weighted by Gasteiger charge is -2.14. The van der Waals surface area contributed by atoms with Crippen LogP contribution in [0.1, 0.15) is 36.7 Å². The second-order valence-electron chi connectivity index (χ2n) is 7.02. The third kappa shape index (κ3) is 7.93. The van der Waals surface area contributed by atoms with E-state index in [0.717, 1.165) is 42.9 Å². The molecule has 0 saturated carbocycles. The highest BCUT2D eigenvalue weighted by molar-refractivity contribution is 5.75. The largest absolute Gasteiger partial charge is 0.491 e. The molecule has 0 aliphatic carbocycles. The molecule has 0 aliphatic heterocycles. The second kappa shape index (κ2) is 10.8. The van der Waals surface area contributed by atoms with Gasteiger partial charge in [-0.1, -0.05) is 12.1 Å². The Balaban J connectivity index is 1.58. The van der Waals surface area contributed by atoms with Crippen molar-refractivity contribution in [3.05, 3.63) is 47.3 Å². The van der Waals surface area contributed by atoms with Gasteiger partial charge in [0.1, 0.15) is 24.2 Å². The summed E-state index contributed by atoms with van der Waals surface area (Å²) in [5.41, 5.74) is 3.33. The van der Waals surface area contributed by atoms with Crippen molar-refractivity contribution in [3.8, 4) is 5.75 Å². The van der Waals surface area contributed by atoms with Gasteiger partial charge >= 0.3 is 0 Å². The molecule has 1 aromatic carbocycles. The number of nitrogens with one attached hydrogen (secondary N) is 1. The molecule has 0 radical (unpaired) electrons. The summed E-state index contributed by atoms with van der Waals surface area (Å²) in [6.45, 7) is 8.09. The molecule has 0 amide bonds. The summed E-state index contributed by atoms with van der Waals surface area (Å²) in [7, 11) is 0. The number of Topliss-reactive ketones (excluding diaryl/α,β-unsaturated/α-hetero) is 1. The molecular weight excluding hydrogens is 342 g/mol. The number of aliphatic hydroxyl groups is 1. The van der Waals surface area contributed by atoms with Crippen molar-refractivity contribution >= 4 is 5.78 Å². The zero-order valence-electron chi connectivity index (χ0n) is 16.6. The van der Waals surface area contributed by atoms with Gasteiger partial charge in [-0.25, -0.2) is 0 Å². The van der Waals surface area contributed by atoms with Crippen molar-refractivity contribution < 1.29 is 14.6 Å². The van der Waals surface area contributed by atoms with Crippen LogP contribution in [0.25, 0.3) is 0 Å². The normalized spacial score (nSPS) is 12.1. The van der Waals surface area contributed by atoms with Gasteiger partial charge in [0, 0.05) is 25.2 Å². The van der Waals surface area contributed by atoms with Gasteiger partial charge in [-0.2, -0.15) is 5.10 Å². The van der Waals surface area contributed by atoms with E-state index in [2.05, 4.69) is 23.4 Å². The molecule has 0 saturated heterocycles. The number of aliphatic hydroxyl groups excluding tert-OH is 1. The smallest absolute Gasteiger partial charge is 0.130 e. The first-order chi connectivity index (χ1) is 12.9. The average Bonchev–Trinajstić information content (AvgIpc) is 2.96. The lowest BCUT2D eigenvalue weighted by molar-refractivity contribution is -0.116. The first kappa shape index (κ1) is 21.1. The van der Waals surface area contributed by atoms with E-state index in [1.165, 1.54) is 5.69 Å². The summed E-state index contributed by atoms with van der Waals surface area (Å²) in [6.07, 6.45) is 1.71. The molecule has 1 aromatic heterocycles. The minimum Gasteiger partial charge on any atom is -0.491 e. The second-order valence-corrected chi connectivity index (χ2v) is 7.02. The Hall–Kier alpha value is -2.18. The van der Waals surface area contributed by atoms with Crippen LogP contribution < -0.4 is 10.1 Å². The van der Waals surface area contributed by atoms with Crippen LogP contribution in [0, 0.1) is 13.8 Å². The van der Waals surface area contributed by atoms with E-state index in [1.54, 1.807) is 6.92 Å². The number of hydrogen-bond donors (Lipinski definition) is 2. The fourth-order valence-corrected chi connectivity index (χ4v) is 2.85. The molecular formula is C21H31N3O3. The molecule has 0 unspecified atom stereocenters. The Labute approximate surface area is 161 Å². The third-order valence-electron chi connectivity index (χ3n) is 4.34. The van der Waals surface area contributed by atoms with Crippen molar-refractivity contribution in [2.24, 2.45) is 0 Å². The Kier molecular flexibility index (Phi) is 8.48. The molecule has 6 nitrogen and oxygen atoms in total. The first-order valence-electron chi connectivity index (χ1n) is 9.55. The van der Waals surface area contributed by atoms with Gasteiger partial charge in [0.15, 0.2) is 0 Å². The van der Waals surface area contributed by atoms with Crippen molar-refractivity contribution in [3.63, 3.8) is 0 Å². The number of aryl methyl sites for hydroxylation is 4. The Morgan fingerprint density at radius 2 is 2.04 bits per heavy atom. The van der Waals surface area contributed by atoms with E-state index in [9.17, 15) is 9.90 Å². The van der Waals surface area contributed by atoms with Gasteiger partial charge in [-0.3, -0.25) is 4.68 Å². The van der Waals surface area contributed by atoms with E-state index >= 15 is 0 Å². The van der Waals surface area contributed by atoms with Crippen LogP contribution in [-0.4, -0.2) is 46.5 Å². The molecule has 0 fully saturated rings. The third-order valence-corrected chi connectivity index (χ3v) is 4.34. The molecule has 2 N–H and O–H groups in total. The van der Waals surface area contributed by atoms with Crippen LogP contribution in [0.5, 0.6) is 5.75 Å². The predicted octanol–water partition coefficient (Wildman–Crippen LogP) is 2.44. The van der Waals surface area contributed by atoms with Gasteiger partial charge in [-0.05, 0) is 63.9 Å². The molecule has 0 spiro atoms. The maximum atomic E-state index is 11.0. The van der Waals surface area contributed by atoms with Crippen molar-refractivity contribution in [1.29, 1.82) is 0 Å². The highest BCUT2D eigenvalue weighted by atomic mass is 16.5. The summed E-state index contributed by atoms with van der Waals surface area (Å²) >= 11 is 0. The summed E-state index contributed by atoms with van der Waals surface area (Å²) in [4.78, 5) is 11.0. The van der Waals surface area contributed by atoms with Crippen LogP contribution in [0.2, 0.25) is 0 Å². The molecule has 1 heterocycles. The topological polar surface area (TPSA) is 76.4 Å². The molecule has 0 aliphatic rings. The van der Waals surface area contributed by atoms with Gasteiger partial charge in [0.05, 0.1) is 5.69 Å². The summed E-state index contributed by atoms with van der Waals surface area (Å²) in [6, 6.07) is 9.75. The van der Waals surface area contributed by atoms with E-state index in [4.69, 9.17) is 4.74 Å². The lowest BCUT2D eigenvalue weighted by atomic mass is 10.1. The predicted molar refractivity (Wildman–Crippen MR) is 106 cm³/mol. The van der Waals surface area contributed by atoms with Crippen LogP contribution >= 0.6 is 0 Å². The summed E-state index contributed by atoms with van der Waals surface area (Å²) in [5, 5.41) is 17.7. The zero-order valence-corrected chi connectivity index (χ0v) is 16.6. The van der Waals surface area contributed by atoms with Crippen molar-refractivity contribution in [2.45, 2.75) is 52.7 Å². The molecule has 6 heteroatoms. The quantitative estimate of drug-likeness (QED) is 0.559. The van der Waals surface area contributed by atoms with Gasteiger partial charge in [0.25, 0.3) is 0 Å². The number of rotatable bonds is 12. The Morgan fingerprint density at radius 1 is 1.30 bits per heavy atom. The molecule has 2 rings (SSSR count). The van der Waals surface area contributed by atoms with E-state index in [0.29, 0.717) is 13.0 Å². The maximum Gasteiger partial charge on any atom is 0.130 e. The fraction of sp³-hybridized carbons (Fsp3) is 0.524. The SMILES string of the molecule is CC(=O)CCc1ccc(OC[C@H](O)CNCCCn2nc(C)cc2C)cc1. The number of carbonyl (C=O) groups excluding carboxylic acids is 1. The number of nitrogens with zero attached hydrogens (tertiary/aromatic N) is 2. The number of benzene rings is 1. The monoisotopic (exact) mass is 373 g/mol. The van der Waals surface area contributed by atoms with Crippen LogP contribution in [0.3, 0.4) is 0 Å². The van der Waals surface area contributed by atoms with E-state index in [-0.39, 0.29) is 12.4 Å². The minimum absolute atomic E-state index is 0.195. The summed E-state index contributed by atoms with van der Waals surface area (Å²) in [5.74, 6) is 0.922. The number of aromatic nitrogens is 2. The molecule has 2 aromatic rings. The van der Waals surface area contributed by atoms with Crippen molar-refractivity contribution in [1.82, 2.24) is 15.1 Å². The molecule has 148 valence electrons. The van der Waals surface area contributed by atoms with E-state index < -0.39 is 6.10 Å². The highest BCUT2D eigenvalue weighted by Gasteiger charge is 2.06. The van der Waals surface area contributed by atoms with Crippen LogP contribution in [0.15, 0.2) is 30.3 Å². The maximum absolute atomic E-state index is 11.0. The van der Waals surface area contributed by atoms with Gasteiger partial charge in [0.2, 0.25) is 0 Å². The molecule has 0 bridgehead atoms. The van der Waals surface area contributed by atoms with E-state index in [1.807, 2.05) is 35.9 Å². The van der Waals surface area contributed by atoms with Crippen LogP contribution in [0.4, 0.5) is 0 Å². The Morgan fingerprint density at radius 3 is 2.67 bits per heavy atom. The standard InChI is InChI=1S/C21H31N3O3/c1-16-13-17(2)24(23-16)12-4-11-22-14-20(26)15-27-21-9-7-19(8-10-21)6-5-18(3)25/h7-10,13,20,22,26H,4-6,11-12,14-15H2,1-3H3/t20-/m1/s1. The Bertz CT molecular complexity index is 710. The number of hydrogen-bond acceptors (Lipinski definition) is 5. The zero-order chi connectivity index (χ0) is 19.6. The highest BCUT2D eigenvalue weighted by Crippen LogP contribution is 2.13. The fourth-order valence-electron chi connectivity index (χ4n) is 2.85. The van der Waals surface area contributed by atoms with Gasteiger partial charge in [-0.15, -0.1) is 0 Å². The minimum atomic E-state index is -0.559. The first-order valence-corrected chi connectivity index (χ1v) is 9.55. The molecule has 27 heavy (non-hydrogen) atoms. The summed E-state index contributed by atoms with van der Waals surface area (Å²) < 4.78 is 7.63.